The number of aryl methyl sites for hydroxylation is 1. The second kappa shape index (κ2) is 5.15. The minimum absolute atomic E-state index is 0.981. The van der Waals surface area contributed by atoms with E-state index in [0.717, 1.165) is 22.8 Å². The summed E-state index contributed by atoms with van der Waals surface area (Å²) < 4.78 is 2.19. The molecule has 0 spiro atoms. The fourth-order valence-electron chi connectivity index (χ4n) is 2.89. The molecule has 0 fully saturated rings. The summed E-state index contributed by atoms with van der Waals surface area (Å²) >= 11 is 0. The van der Waals surface area contributed by atoms with Gasteiger partial charge >= 0.3 is 0 Å². The molecule has 0 bridgehead atoms. The zero-order valence-corrected chi connectivity index (χ0v) is 12.4. The molecule has 2 heteroatoms. The third-order valence-corrected chi connectivity index (χ3v) is 3.88. The lowest BCUT2D eigenvalue weighted by Gasteiger charge is -2.11. The fraction of sp³-hybridized carbons (Fsp3) is 0.0500. The molecule has 0 aliphatic carbocycles. The predicted molar refractivity (Wildman–Crippen MR) is 91.2 cm³/mol. The molecule has 0 saturated carbocycles. The molecule has 106 valence electrons. The van der Waals surface area contributed by atoms with E-state index < -0.39 is 0 Å². The van der Waals surface area contributed by atoms with Gasteiger partial charge in [0, 0.05) is 17.1 Å². The van der Waals surface area contributed by atoms with Crippen molar-refractivity contribution in [1.82, 2.24) is 9.55 Å². The molecule has 0 saturated heterocycles. The molecule has 0 amide bonds. The quantitative estimate of drug-likeness (QED) is 0.506. The lowest BCUT2D eigenvalue weighted by atomic mass is 10.1. The summed E-state index contributed by atoms with van der Waals surface area (Å²) in [5, 5.41) is 2.48. The molecule has 1 aromatic heterocycles. The number of aromatic nitrogens is 2. The maximum Gasteiger partial charge on any atom is 0.144 e. The normalized spacial score (nSPS) is 11.0. The van der Waals surface area contributed by atoms with Gasteiger partial charge in [-0.3, -0.25) is 4.57 Å². The van der Waals surface area contributed by atoms with Gasteiger partial charge in [-0.25, -0.2) is 4.98 Å². The van der Waals surface area contributed by atoms with Crippen molar-refractivity contribution >= 4 is 10.8 Å². The lowest BCUT2D eigenvalue weighted by molar-refractivity contribution is 1.08. The Morgan fingerprint density at radius 3 is 2.36 bits per heavy atom. The standard InChI is InChI=1S/C20H16N2/c1-15-14-22(20(21-15)17-9-3-2-4-10-17)19-13-7-11-16-8-5-6-12-18(16)19/h2-14H,1H3. The molecular formula is C20H16N2. The van der Waals surface area contributed by atoms with Gasteiger partial charge in [0.1, 0.15) is 5.82 Å². The van der Waals surface area contributed by atoms with E-state index in [0.29, 0.717) is 0 Å². The summed E-state index contributed by atoms with van der Waals surface area (Å²) in [5.41, 5.74) is 3.31. The Balaban J connectivity index is 2.00. The van der Waals surface area contributed by atoms with Gasteiger partial charge in [-0.05, 0) is 18.4 Å². The van der Waals surface area contributed by atoms with Gasteiger partial charge in [0.2, 0.25) is 0 Å². The Hall–Kier alpha value is -2.87. The molecular weight excluding hydrogens is 268 g/mol. The molecule has 0 N–H and O–H groups in total. The molecule has 0 atom stereocenters. The maximum atomic E-state index is 4.73. The van der Waals surface area contributed by atoms with Crippen molar-refractivity contribution < 1.29 is 0 Å². The van der Waals surface area contributed by atoms with Crippen molar-refractivity contribution in [3.8, 4) is 17.1 Å². The van der Waals surface area contributed by atoms with Gasteiger partial charge in [0.15, 0.2) is 0 Å². The molecule has 22 heavy (non-hydrogen) atoms. The predicted octanol–water partition coefficient (Wildman–Crippen LogP) is 5.00. The Bertz CT molecular complexity index is 931. The summed E-state index contributed by atoms with van der Waals surface area (Å²) in [6.45, 7) is 2.04. The Morgan fingerprint density at radius 1 is 0.773 bits per heavy atom. The Morgan fingerprint density at radius 2 is 1.50 bits per heavy atom. The first-order valence-corrected chi connectivity index (χ1v) is 7.42. The van der Waals surface area contributed by atoms with Gasteiger partial charge < -0.3 is 0 Å². The average molecular weight is 284 g/mol. The van der Waals surface area contributed by atoms with Crippen molar-refractivity contribution in [2.75, 3.05) is 0 Å². The highest BCUT2D eigenvalue weighted by molar-refractivity contribution is 5.90. The van der Waals surface area contributed by atoms with Crippen molar-refractivity contribution in [3.05, 3.63) is 84.7 Å². The summed E-state index contributed by atoms with van der Waals surface area (Å²) in [5.74, 6) is 0.981. The average Bonchev–Trinajstić information content (AvgIpc) is 2.97. The molecule has 0 radical (unpaired) electrons. The van der Waals surface area contributed by atoms with E-state index in [9.17, 15) is 0 Å². The van der Waals surface area contributed by atoms with Gasteiger partial charge in [-0.2, -0.15) is 0 Å². The number of imidazole rings is 1. The molecule has 2 nitrogen and oxygen atoms in total. The highest BCUT2D eigenvalue weighted by atomic mass is 15.1. The summed E-state index contributed by atoms with van der Waals surface area (Å²) in [7, 11) is 0. The number of hydrogen-bond acceptors (Lipinski definition) is 1. The van der Waals surface area contributed by atoms with Crippen LogP contribution in [0, 0.1) is 6.92 Å². The Labute approximate surface area is 129 Å². The molecule has 0 unspecified atom stereocenters. The van der Waals surface area contributed by atoms with Gasteiger partial charge in [0.25, 0.3) is 0 Å². The number of fused-ring (bicyclic) bond motifs is 1. The van der Waals surface area contributed by atoms with Crippen molar-refractivity contribution in [3.63, 3.8) is 0 Å². The van der Waals surface area contributed by atoms with Crippen LogP contribution in [0.25, 0.3) is 27.8 Å². The number of benzene rings is 3. The summed E-state index contributed by atoms with van der Waals surface area (Å²) in [6.07, 6.45) is 2.10. The maximum absolute atomic E-state index is 4.73. The van der Waals surface area contributed by atoms with Gasteiger partial charge in [-0.15, -0.1) is 0 Å². The van der Waals surface area contributed by atoms with E-state index in [1.165, 1.54) is 10.8 Å². The third-order valence-electron chi connectivity index (χ3n) is 3.88. The van der Waals surface area contributed by atoms with E-state index in [2.05, 4.69) is 65.4 Å². The van der Waals surface area contributed by atoms with Crippen LogP contribution >= 0.6 is 0 Å². The highest BCUT2D eigenvalue weighted by Gasteiger charge is 2.11. The molecule has 4 rings (SSSR count). The smallest absolute Gasteiger partial charge is 0.144 e. The van der Waals surface area contributed by atoms with Gasteiger partial charge in [0.05, 0.1) is 11.4 Å². The first-order valence-electron chi connectivity index (χ1n) is 7.42. The molecule has 0 aliphatic heterocycles. The monoisotopic (exact) mass is 284 g/mol. The molecule has 4 aromatic rings. The summed E-state index contributed by atoms with van der Waals surface area (Å²) in [4.78, 5) is 4.73. The zero-order chi connectivity index (χ0) is 14.9. The molecule has 0 aliphatic rings. The van der Waals surface area contributed by atoms with Crippen molar-refractivity contribution in [1.29, 1.82) is 0 Å². The van der Waals surface area contributed by atoms with E-state index in [4.69, 9.17) is 4.98 Å². The first kappa shape index (κ1) is 12.8. The highest BCUT2D eigenvalue weighted by Crippen LogP contribution is 2.27. The summed E-state index contributed by atoms with van der Waals surface area (Å²) in [6, 6.07) is 25.2. The minimum atomic E-state index is 0.981. The van der Waals surface area contributed by atoms with E-state index in [-0.39, 0.29) is 0 Å². The van der Waals surface area contributed by atoms with E-state index >= 15 is 0 Å². The Kier molecular flexibility index (Phi) is 3.01. The molecule has 1 heterocycles. The van der Waals surface area contributed by atoms with Crippen LogP contribution in [-0.4, -0.2) is 9.55 Å². The topological polar surface area (TPSA) is 17.8 Å². The van der Waals surface area contributed by atoms with Gasteiger partial charge in [-0.1, -0.05) is 66.7 Å². The second-order valence-corrected chi connectivity index (χ2v) is 5.44. The zero-order valence-electron chi connectivity index (χ0n) is 12.4. The SMILES string of the molecule is Cc1cn(-c2cccc3ccccc23)c(-c2ccccc2)n1. The van der Waals surface area contributed by atoms with E-state index in [1.54, 1.807) is 0 Å². The van der Waals surface area contributed by atoms with Crippen LogP contribution in [0.15, 0.2) is 79.0 Å². The first-order chi connectivity index (χ1) is 10.8. The van der Waals surface area contributed by atoms with E-state index in [1.807, 2.05) is 25.1 Å². The van der Waals surface area contributed by atoms with Crippen molar-refractivity contribution in [2.24, 2.45) is 0 Å². The van der Waals surface area contributed by atoms with Crippen LogP contribution in [0.2, 0.25) is 0 Å². The number of rotatable bonds is 2. The van der Waals surface area contributed by atoms with Crippen LogP contribution in [0.1, 0.15) is 5.69 Å². The minimum Gasteiger partial charge on any atom is -0.299 e. The largest absolute Gasteiger partial charge is 0.299 e. The third kappa shape index (κ3) is 2.09. The molecule has 3 aromatic carbocycles. The second-order valence-electron chi connectivity index (χ2n) is 5.44. The van der Waals surface area contributed by atoms with Crippen LogP contribution in [0.3, 0.4) is 0 Å². The van der Waals surface area contributed by atoms with Crippen LogP contribution in [-0.2, 0) is 0 Å². The van der Waals surface area contributed by atoms with Crippen LogP contribution < -0.4 is 0 Å². The fourth-order valence-corrected chi connectivity index (χ4v) is 2.89. The number of hydrogen-bond donors (Lipinski definition) is 0. The van der Waals surface area contributed by atoms with Crippen LogP contribution in [0.5, 0.6) is 0 Å². The van der Waals surface area contributed by atoms with Crippen LogP contribution in [0.4, 0.5) is 0 Å². The number of nitrogens with zero attached hydrogens (tertiary/aromatic N) is 2. The lowest BCUT2D eigenvalue weighted by Crippen LogP contribution is -1.97. The van der Waals surface area contributed by atoms with Crippen molar-refractivity contribution in [2.45, 2.75) is 6.92 Å².